The topological polar surface area (TPSA) is 43.4 Å². The molecule has 0 fully saturated rings. The van der Waals surface area contributed by atoms with E-state index in [9.17, 15) is 9.59 Å². The molecular weight excluding hydrogens is 287 g/mol. The van der Waals surface area contributed by atoms with E-state index in [1.165, 1.54) is 6.07 Å². The molecule has 0 unspecified atom stereocenters. The summed E-state index contributed by atoms with van der Waals surface area (Å²) in [6.07, 6.45) is 0.134. The summed E-state index contributed by atoms with van der Waals surface area (Å²) in [5.74, 6) is -1.15. The van der Waals surface area contributed by atoms with Crippen LogP contribution < -0.4 is 0 Å². The van der Waals surface area contributed by atoms with Gasteiger partial charge in [0.05, 0.1) is 0 Å². The van der Waals surface area contributed by atoms with Gasteiger partial charge >= 0.3 is 5.97 Å². The van der Waals surface area contributed by atoms with Gasteiger partial charge in [0.15, 0.2) is 5.78 Å². The van der Waals surface area contributed by atoms with Crippen LogP contribution in [-0.4, -0.2) is 22.2 Å². The lowest BCUT2D eigenvalue weighted by Crippen LogP contribution is -2.43. The van der Waals surface area contributed by atoms with E-state index in [1.807, 2.05) is 0 Å². The number of esters is 1. The number of carbonyl (C=O) groups excluding carboxylic acids is 2. The van der Waals surface area contributed by atoms with Gasteiger partial charge in [-0.2, -0.15) is 0 Å². The molecule has 1 aliphatic carbocycles. The van der Waals surface area contributed by atoms with Crippen LogP contribution in [0.4, 0.5) is 0 Å². The summed E-state index contributed by atoms with van der Waals surface area (Å²) in [6.45, 7) is 5.19. The van der Waals surface area contributed by atoms with Crippen LogP contribution in [0.2, 0.25) is 5.02 Å². The SMILES string of the molecule is CC(C)(C)OC(=O)[C@]1(Cl)Cc2ccc(Cl)cc2C1=O. The van der Waals surface area contributed by atoms with Crippen LogP contribution in [0.3, 0.4) is 0 Å². The number of carbonyl (C=O) groups is 2. The standard InChI is InChI=1S/C14H14Cl2O3/c1-13(2,3)19-12(18)14(16)7-8-4-5-9(15)6-10(8)11(14)17/h4-6H,7H2,1-3H3/t14-/m0/s1. The normalized spacial score (nSPS) is 22.3. The fourth-order valence-corrected chi connectivity index (χ4v) is 2.45. The number of Topliss-reactive ketones (excluding diaryl/α,β-unsaturated/α-hetero) is 1. The van der Waals surface area contributed by atoms with Gasteiger partial charge < -0.3 is 4.74 Å². The number of benzene rings is 1. The third-order valence-corrected chi connectivity index (χ3v) is 3.53. The van der Waals surface area contributed by atoms with E-state index < -0.39 is 22.2 Å². The largest absolute Gasteiger partial charge is 0.458 e. The molecule has 0 saturated carbocycles. The molecule has 1 aromatic carbocycles. The molecule has 2 rings (SSSR count). The number of ketones is 1. The van der Waals surface area contributed by atoms with E-state index >= 15 is 0 Å². The molecule has 0 spiro atoms. The molecule has 0 heterocycles. The molecule has 1 atom stereocenters. The molecule has 1 aromatic rings. The van der Waals surface area contributed by atoms with Crippen molar-refractivity contribution in [1.82, 2.24) is 0 Å². The Labute approximate surface area is 121 Å². The maximum atomic E-state index is 12.3. The second kappa shape index (κ2) is 4.50. The third kappa shape index (κ3) is 2.63. The minimum absolute atomic E-state index is 0.134. The molecule has 0 radical (unpaired) electrons. The highest BCUT2D eigenvalue weighted by Crippen LogP contribution is 2.38. The van der Waals surface area contributed by atoms with Crippen molar-refractivity contribution in [2.75, 3.05) is 0 Å². The zero-order valence-electron chi connectivity index (χ0n) is 10.9. The highest BCUT2D eigenvalue weighted by molar-refractivity contribution is 6.49. The minimum atomic E-state index is -1.67. The second-order valence-electron chi connectivity index (χ2n) is 5.61. The van der Waals surface area contributed by atoms with Crippen molar-refractivity contribution in [2.24, 2.45) is 0 Å². The van der Waals surface area contributed by atoms with Crippen molar-refractivity contribution in [3.8, 4) is 0 Å². The molecule has 0 saturated heterocycles. The number of hydrogen-bond acceptors (Lipinski definition) is 3. The van der Waals surface area contributed by atoms with Gasteiger partial charge in [-0.25, -0.2) is 4.79 Å². The number of hydrogen-bond donors (Lipinski definition) is 0. The fraction of sp³-hybridized carbons (Fsp3) is 0.429. The molecule has 1 aliphatic rings. The van der Waals surface area contributed by atoms with Crippen molar-refractivity contribution in [3.63, 3.8) is 0 Å². The van der Waals surface area contributed by atoms with Crippen LogP contribution >= 0.6 is 23.2 Å². The first kappa shape index (κ1) is 14.4. The van der Waals surface area contributed by atoms with Gasteiger partial charge in [0.2, 0.25) is 4.87 Å². The summed E-state index contributed by atoms with van der Waals surface area (Å²) in [6, 6.07) is 4.92. The Balaban J connectivity index is 2.34. The molecule has 0 amide bonds. The van der Waals surface area contributed by atoms with E-state index in [2.05, 4.69) is 0 Å². The molecule has 19 heavy (non-hydrogen) atoms. The van der Waals surface area contributed by atoms with E-state index in [0.717, 1.165) is 5.56 Å². The van der Waals surface area contributed by atoms with Crippen LogP contribution in [0.15, 0.2) is 18.2 Å². The Morgan fingerprint density at radius 3 is 2.58 bits per heavy atom. The van der Waals surface area contributed by atoms with Gasteiger partial charge in [-0.1, -0.05) is 29.3 Å². The van der Waals surface area contributed by atoms with Crippen molar-refractivity contribution in [1.29, 1.82) is 0 Å². The highest BCUT2D eigenvalue weighted by Gasteiger charge is 2.52. The lowest BCUT2D eigenvalue weighted by atomic mass is 10.0. The summed E-state index contributed by atoms with van der Waals surface area (Å²) in [5, 5.41) is 0.442. The van der Waals surface area contributed by atoms with Crippen molar-refractivity contribution in [3.05, 3.63) is 34.3 Å². The lowest BCUT2D eigenvalue weighted by Gasteiger charge is -2.25. The number of rotatable bonds is 1. The molecule has 0 N–H and O–H groups in total. The fourth-order valence-electron chi connectivity index (χ4n) is 1.99. The quantitative estimate of drug-likeness (QED) is 0.453. The zero-order chi connectivity index (χ0) is 14.4. The predicted molar refractivity (Wildman–Crippen MR) is 73.9 cm³/mol. The Bertz CT molecular complexity index is 560. The molecule has 102 valence electrons. The highest BCUT2D eigenvalue weighted by atomic mass is 35.5. The van der Waals surface area contributed by atoms with Crippen LogP contribution in [0.1, 0.15) is 36.7 Å². The number of fused-ring (bicyclic) bond motifs is 1. The maximum Gasteiger partial charge on any atom is 0.336 e. The Morgan fingerprint density at radius 2 is 2.00 bits per heavy atom. The van der Waals surface area contributed by atoms with Crippen molar-refractivity contribution < 1.29 is 14.3 Å². The number of alkyl halides is 1. The Morgan fingerprint density at radius 1 is 1.37 bits per heavy atom. The van der Waals surface area contributed by atoms with Gasteiger partial charge in [-0.3, -0.25) is 4.79 Å². The maximum absolute atomic E-state index is 12.3. The average Bonchev–Trinajstić information content (AvgIpc) is 2.51. The molecule has 0 aromatic heterocycles. The van der Waals surface area contributed by atoms with Crippen LogP contribution in [0.5, 0.6) is 0 Å². The van der Waals surface area contributed by atoms with E-state index in [0.29, 0.717) is 10.6 Å². The molecule has 3 nitrogen and oxygen atoms in total. The Hall–Kier alpha value is -1.06. The molecule has 0 bridgehead atoms. The molecule has 0 aliphatic heterocycles. The van der Waals surface area contributed by atoms with Crippen LogP contribution in [0, 0.1) is 0 Å². The summed E-state index contributed by atoms with van der Waals surface area (Å²) in [7, 11) is 0. The van der Waals surface area contributed by atoms with Crippen LogP contribution in [-0.2, 0) is 16.0 Å². The van der Waals surface area contributed by atoms with Crippen LogP contribution in [0.25, 0.3) is 0 Å². The smallest absolute Gasteiger partial charge is 0.336 e. The molecular formula is C14H14Cl2O3. The first-order valence-electron chi connectivity index (χ1n) is 5.89. The average molecular weight is 301 g/mol. The Kier molecular flexibility index (Phi) is 3.40. The summed E-state index contributed by atoms with van der Waals surface area (Å²) in [5.41, 5.74) is 0.426. The lowest BCUT2D eigenvalue weighted by molar-refractivity contribution is -0.156. The first-order valence-corrected chi connectivity index (χ1v) is 6.65. The number of halogens is 2. The first-order chi connectivity index (χ1) is 8.63. The minimum Gasteiger partial charge on any atom is -0.458 e. The third-order valence-electron chi connectivity index (χ3n) is 2.83. The summed E-state index contributed by atoms with van der Waals surface area (Å²) >= 11 is 12.1. The predicted octanol–water partition coefficient (Wildman–Crippen LogP) is 3.40. The van der Waals surface area contributed by atoms with Gasteiger partial charge in [-0.05, 0) is 38.5 Å². The summed E-state index contributed by atoms with van der Waals surface area (Å²) in [4.78, 5) is 22.8. The van der Waals surface area contributed by atoms with Crippen molar-refractivity contribution in [2.45, 2.75) is 37.7 Å². The zero-order valence-corrected chi connectivity index (χ0v) is 12.4. The number of ether oxygens (including phenoxy) is 1. The van der Waals surface area contributed by atoms with Gasteiger partial charge in [0.1, 0.15) is 5.60 Å². The van der Waals surface area contributed by atoms with E-state index in [-0.39, 0.29) is 6.42 Å². The second-order valence-corrected chi connectivity index (χ2v) is 6.69. The van der Waals surface area contributed by atoms with Crippen molar-refractivity contribution >= 4 is 35.0 Å². The molecule has 5 heteroatoms. The summed E-state index contributed by atoms with van der Waals surface area (Å²) < 4.78 is 5.23. The van der Waals surface area contributed by atoms with E-state index in [4.69, 9.17) is 27.9 Å². The monoisotopic (exact) mass is 300 g/mol. The van der Waals surface area contributed by atoms with Gasteiger partial charge in [-0.15, -0.1) is 0 Å². The van der Waals surface area contributed by atoms with Gasteiger partial charge in [0.25, 0.3) is 0 Å². The van der Waals surface area contributed by atoms with E-state index in [1.54, 1.807) is 32.9 Å². The van der Waals surface area contributed by atoms with Gasteiger partial charge in [0, 0.05) is 17.0 Å².